The third-order valence-corrected chi connectivity index (χ3v) is 4.01. The zero-order valence-corrected chi connectivity index (χ0v) is 10.9. The molecule has 0 aliphatic rings. The van der Waals surface area contributed by atoms with Crippen LogP contribution in [0.2, 0.25) is 0 Å². The van der Waals surface area contributed by atoms with Gasteiger partial charge in [-0.1, -0.05) is 22.0 Å². The van der Waals surface area contributed by atoms with Gasteiger partial charge in [0.1, 0.15) is 6.29 Å². The average molecular weight is 273 g/mol. The van der Waals surface area contributed by atoms with E-state index < -0.39 is 0 Å². The summed E-state index contributed by atoms with van der Waals surface area (Å²) in [6.45, 7) is 4.15. The second kappa shape index (κ2) is 4.99. The lowest BCUT2D eigenvalue weighted by atomic mass is 10.0. The fraction of sp³-hybridized carbons (Fsp3) is 0.364. The Morgan fingerprint density at radius 3 is 2.50 bits per heavy atom. The molecule has 0 saturated heterocycles. The highest BCUT2D eigenvalue weighted by Crippen LogP contribution is 2.30. The molecule has 0 aromatic heterocycles. The molecule has 1 atom stereocenters. The minimum Gasteiger partial charge on any atom is -0.302 e. The fourth-order valence-electron chi connectivity index (χ4n) is 1.41. The summed E-state index contributed by atoms with van der Waals surface area (Å²) in [6.07, 6.45) is 2.98. The molecule has 1 rings (SSSR count). The zero-order chi connectivity index (χ0) is 10.7. The number of aldehydes is 1. The molecule has 0 spiro atoms. The van der Waals surface area contributed by atoms with Gasteiger partial charge in [0.15, 0.2) is 0 Å². The topological polar surface area (TPSA) is 17.1 Å². The predicted octanol–water partition coefficient (Wildman–Crippen LogP) is 3.66. The van der Waals surface area contributed by atoms with Gasteiger partial charge in [0.2, 0.25) is 0 Å². The molecule has 1 nitrogen and oxygen atoms in total. The minimum atomic E-state index is -0.183. The number of hydrogen-bond donors (Lipinski definition) is 0. The van der Waals surface area contributed by atoms with Crippen molar-refractivity contribution in [2.45, 2.75) is 23.6 Å². The van der Waals surface area contributed by atoms with Gasteiger partial charge in [0, 0.05) is 4.90 Å². The quantitative estimate of drug-likeness (QED) is 0.475. The molecule has 1 unspecified atom stereocenters. The maximum absolute atomic E-state index is 10.7. The van der Waals surface area contributed by atoms with Gasteiger partial charge >= 0.3 is 0 Å². The van der Waals surface area contributed by atoms with Crippen molar-refractivity contribution in [1.29, 1.82) is 0 Å². The summed E-state index contributed by atoms with van der Waals surface area (Å²) in [6, 6.07) is 4.09. The minimum absolute atomic E-state index is 0.183. The van der Waals surface area contributed by atoms with E-state index in [0.29, 0.717) is 0 Å². The smallest absolute Gasteiger partial charge is 0.138 e. The highest BCUT2D eigenvalue weighted by Gasteiger charge is 2.11. The van der Waals surface area contributed by atoms with Crippen LogP contribution in [0.25, 0.3) is 0 Å². The maximum atomic E-state index is 10.7. The Labute approximate surface area is 97.4 Å². The Bertz CT molecular complexity index is 349. The number of rotatable bonds is 3. The number of benzene rings is 1. The van der Waals surface area contributed by atoms with Crippen LogP contribution in [0.5, 0.6) is 0 Å². The van der Waals surface area contributed by atoms with Crippen LogP contribution in [0.1, 0.15) is 21.5 Å². The summed E-state index contributed by atoms with van der Waals surface area (Å²) in [5.41, 5.74) is 3.53. The molecule has 1 aromatic rings. The number of carbonyl (C=O) groups excluding carboxylic acids is 1. The van der Waals surface area contributed by atoms with Crippen LogP contribution in [-0.4, -0.2) is 12.5 Å². The van der Waals surface area contributed by atoms with E-state index in [9.17, 15) is 4.79 Å². The largest absolute Gasteiger partial charge is 0.302 e. The van der Waals surface area contributed by atoms with Gasteiger partial charge in [-0.2, -0.15) is 0 Å². The molecular weight excluding hydrogens is 260 g/mol. The summed E-state index contributed by atoms with van der Waals surface area (Å²) in [5, 5.41) is 0. The van der Waals surface area contributed by atoms with E-state index in [4.69, 9.17) is 0 Å². The summed E-state index contributed by atoms with van der Waals surface area (Å²) >= 11 is 5.08. The van der Waals surface area contributed by atoms with Crippen molar-refractivity contribution in [3.05, 3.63) is 28.8 Å². The van der Waals surface area contributed by atoms with Crippen LogP contribution < -0.4 is 0 Å². The molecule has 3 heteroatoms. The van der Waals surface area contributed by atoms with E-state index in [1.54, 1.807) is 11.8 Å². The van der Waals surface area contributed by atoms with Gasteiger partial charge in [0.05, 0.1) is 4.83 Å². The average Bonchev–Trinajstić information content (AvgIpc) is 2.21. The summed E-state index contributed by atoms with van der Waals surface area (Å²) in [7, 11) is 0. The number of halogens is 1. The summed E-state index contributed by atoms with van der Waals surface area (Å²) < 4.78 is 0. The Morgan fingerprint density at radius 2 is 2.00 bits per heavy atom. The standard InChI is InChI=1S/C11H13BrOS/c1-7-8(2)11(14-3)5-4-9(7)10(12)6-13/h4-6,10H,1-3H3. The first kappa shape index (κ1) is 11.8. The van der Waals surface area contributed by atoms with Gasteiger partial charge < -0.3 is 4.79 Å². The Hall–Kier alpha value is -0.280. The summed E-state index contributed by atoms with van der Waals surface area (Å²) in [5.74, 6) is 0. The fourth-order valence-corrected chi connectivity index (χ4v) is 2.57. The highest BCUT2D eigenvalue weighted by molar-refractivity contribution is 9.09. The molecule has 0 amide bonds. The van der Waals surface area contributed by atoms with Crippen molar-refractivity contribution in [2.24, 2.45) is 0 Å². The maximum Gasteiger partial charge on any atom is 0.138 e. The normalized spacial score (nSPS) is 12.6. The molecule has 0 heterocycles. The molecule has 0 radical (unpaired) electrons. The van der Waals surface area contributed by atoms with Gasteiger partial charge in [-0.25, -0.2) is 0 Å². The van der Waals surface area contributed by atoms with E-state index in [0.717, 1.165) is 11.8 Å². The van der Waals surface area contributed by atoms with Crippen LogP contribution in [-0.2, 0) is 4.79 Å². The lowest BCUT2D eigenvalue weighted by Crippen LogP contribution is -1.97. The lowest BCUT2D eigenvalue weighted by molar-refractivity contribution is -0.107. The second-order valence-electron chi connectivity index (χ2n) is 3.14. The third-order valence-electron chi connectivity index (χ3n) is 2.42. The molecule has 0 fully saturated rings. The van der Waals surface area contributed by atoms with E-state index in [2.05, 4.69) is 42.1 Å². The number of carbonyl (C=O) groups is 1. The molecule has 76 valence electrons. The van der Waals surface area contributed by atoms with Crippen LogP contribution >= 0.6 is 27.7 Å². The molecule has 0 N–H and O–H groups in total. The van der Waals surface area contributed by atoms with Crippen LogP contribution in [0.4, 0.5) is 0 Å². The van der Waals surface area contributed by atoms with Crippen molar-refractivity contribution < 1.29 is 4.79 Å². The highest BCUT2D eigenvalue weighted by atomic mass is 79.9. The Balaban J connectivity index is 3.23. The number of thioether (sulfide) groups is 1. The zero-order valence-electron chi connectivity index (χ0n) is 8.50. The first-order valence-electron chi connectivity index (χ1n) is 4.35. The van der Waals surface area contributed by atoms with Crippen molar-refractivity contribution >= 4 is 34.0 Å². The molecule has 0 bridgehead atoms. The van der Waals surface area contributed by atoms with E-state index >= 15 is 0 Å². The van der Waals surface area contributed by atoms with Crippen LogP contribution in [0.3, 0.4) is 0 Å². The van der Waals surface area contributed by atoms with Gasteiger partial charge in [-0.15, -0.1) is 11.8 Å². The van der Waals surface area contributed by atoms with Crippen molar-refractivity contribution in [3.8, 4) is 0 Å². The van der Waals surface area contributed by atoms with Crippen LogP contribution in [0.15, 0.2) is 17.0 Å². The number of alkyl halides is 1. The molecule has 1 aromatic carbocycles. The molecule has 0 aliphatic carbocycles. The Morgan fingerprint density at radius 1 is 1.36 bits per heavy atom. The molecular formula is C11H13BrOS. The lowest BCUT2D eigenvalue weighted by Gasteiger charge is -2.12. The Kier molecular flexibility index (Phi) is 4.20. The molecule has 14 heavy (non-hydrogen) atoms. The second-order valence-corrected chi connectivity index (χ2v) is 4.98. The first-order chi connectivity index (χ1) is 6.61. The summed E-state index contributed by atoms with van der Waals surface area (Å²) in [4.78, 5) is 11.8. The van der Waals surface area contributed by atoms with Gasteiger partial charge in [0.25, 0.3) is 0 Å². The van der Waals surface area contributed by atoms with E-state index in [1.165, 1.54) is 16.0 Å². The van der Waals surface area contributed by atoms with E-state index in [1.807, 2.05) is 6.07 Å². The van der Waals surface area contributed by atoms with Gasteiger partial charge in [-0.3, -0.25) is 0 Å². The molecule has 0 saturated carbocycles. The van der Waals surface area contributed by atoms with Crippen molar-refractivity contribution in [1.82, 2.24) is 0 Å². The first-order valence-corrected chi connectivity index (χ1v) is 6.49. The van der Waals surface area contributed by atoms with Crippen molar-refractivity contribution in [2.75, 3.05) is 6.26 Å². The predicted molar refractivity (Wildman–Crippen MR) is 65.4 cm³/mol. The molecule has 0 aliphatic heterocycles. The number of hydrogen-bond acceptors (Lipinski definition) is 2. The third kappa shape index (κ3) is 2.20. The van der Waals surface area contributed by atoms with E-state index in [-0.39, 0.29) is 4.83 Å². The SMILES string of the molecule is CSc1ccc(C(Br)C=O)c(C)c1C. The monoisotopic (exact) mass is 272 g/mol. The van der Waals surface area contributed by atoms with Gasteiger partial charge in [-0.05, 0) is 42.9 Å². The van der Waals surface area contributed by atoms with Crippen molar-refractivity contribution in [3.63, 3.8) is 0 Å². The van der Waals surface area contributed by atoms with Crippen LogP contribution in [0, 0.1) is 13.8 Å².